The van der Waals surface area contributed by atoms with Gasteiger partial charge in [0.05, 0.1) is 12.8 Å². The number of nitrogens with zero attached hydrogens (tertiary/aromatic N) is 2. The van der Waals surface area contributed by atoms with E-state index in [-0.39, 0.29) is 17.5 Å². The second kappa shape index (κ2) is 5.68. The number of hydrogen-bond donors (Lipinski definition) is 2. The molecule has 1 aromatic carbocycles. The summed E-state index contributed by atoms with van der Waals surface area (Å²) < 4.78 is 18.1. The molecule has 6 nitrogen and oxygen atoms in total. The molecule has 0 radical (unpaired) electrons. The predicted molar refractivity (Wildman–Crippen MR) is 71.4 cm³/mol. The lowest BCUT2D eigenvalue weighted by atomic mass is 10.2. The first-order chi connectivity index (χ1) is 9.51. The van der Waals surface area contributed by atoms with Gasteiger partial charge in [0.15, 0.2) is 0 Å². The molecule has 1 aromatic heterocycles. The highest BCUT2D eigenvalue weighted by Gasteiger charge is 2.16. The number of aromatic amines is 1. The molecule has 2 rings (SSSR count). The normalized spacial score (nSPS) is 10.7. The molecule has 0 bridgehead atoms. The van der Waals surface area contributed by atoms with E-state index in [1.807, 2.05) is 13.8 Å². The van der Waals surface area contributed by atoms with Gasteiger partial charge in [-0.3, -0.25) is 9.89 Å². The Balaban J connectivity index is 2.18. The summed E-state index contributed by atoms with van der Waals surface area (Å²) in [4.78, 5) is 16.1. The van der Waals surface area contributed by atoms with Crippen molar-refractivity contribution in [2.75, 3.05) is 12.4 Å². The average molecular weight is 278 g/mol. The van der Waals surface area contributed by atoms with Crippen molar-refractivity contribution in [3.05, 3.63) is 35.7 Å². The summed E-state index contributed by atoms with van der Waals surface area (Å²) in [6, 6.07) is 3.84. The van der Waals surface area contributed by atoms with Crippen molar-refractivity contribution in [2.45, 2.75) is 19.8 Å². The fraction of sp³-hybridized carbons (Fsp3) is 0.308. The van der Waals surface area contributed by atoms with Gasteiger partial charge in [-0.1, -0.05) is 13.8 Å². The fourth-order valence-electron chi connectivity index (χ4n) is 1.58. The number of hydrogen-bond acceptors (Lipinski definition) is 4. The summed E-state index contributed by atoms with van der Waals surface area (Å²) in [5, 5.41) is 9.12. The van der Waals surface area contributed by atoms with Crippen LogP contribution >= 0.6 is 0 Å². The highest BCUT2D eigenvalue weighted by Crippen LogP contribution is 2.25. The number of anilines is 1. The lowest BCUT2D eigenvalue weighted by molar-refractivity contribution is 0.101. The molecule has 0 saturated carbocycles. The molecule has 0 aliphatic heterocycles. The summed E-state index contributed by atoms with van der Waals surface area (Å²) in [6.07, 6.45) is 0. The van der Waals surface area contributed by atoms with Crippen LogP contribution in [-0.4, -0.2) is 28.2 Å². The molecule has 20 heavy (non-hydrogen) atoms. The second-order valence-corrected chi connectivity index (χ2v) is 4.50. The van der Waals surface area contributed by atoms with Crippen molar-refractivity contribution >= 4 is 11.6 Å². The first-order valence-corrected chi connectivity index (χ1v) is 6.08. The van der Waals surface area contributed by atoms with Crippen molar-refractivity contribution in [3.8, 4) is 5.75 Å². The third-order valence-corrected chi connectivity index (χ3v) is 2.66. The summed E-state index contributed by atoms with van der Waals surface area (Å²) >= 11 is 0. The molecule has 0 saturated heterocycles. The van der Waals surface area contributed by atoms with Gasteiger partial charge < -0.3 is 10.1 Å². The molecule has 7 heteroatoms. The molecule has 0 atom stereocenters. The smallest absolute Gasteiger partial charge is 0.295 e. The quantitative estimate of drug-likeness (QED) is 0.899. The first kappa shape index (κ1) is 14.0. The van der Waals surface area contributed by atoms with Crippen molar-refractivity contribution in [1.29, 1.82) is 0 Å². The molecule has 0 spiro atoms. The van der Waals surface area contributed by atoms with Crippen LogP contribution in [0.2, 0.25) is 0 Å². The van der Waals surface area contributed by atoms with E-state index in [4.69, 9.17) is 4.74 Å². The number of nitrogens with one attached hydrogen (secondary N) is 2. The maximum Gasteiger partial charge on any atom is 0.295 e. The van der Waals surface area contributed by atoms with Crippen LogP contribution in [0.3, 0.4) is 0 Å². The van der Waals surface area contributed by atoms with Crippen LogP contribution < -0.4 is 10.1 Å². The van der Waals surface area contributed by atoms with E-state index in [0.29, 0.717) is 11.5 Å². The van der Waals surface area contributed by atoms with E-state index >= 15 is 0 Å². The number of halogens is 1. The SMILES string of the molecule is COc1cc(F)ccc1NC(=O)c1n[nH]c(C(C)C)n1. The van der Waals surface area contributed by atoms with Gasteiger partial charge in [-0.05, 0) is 12.1 Å². The van der Waals surface area contributed by atoms with E-state index < -0.39 is 11.7 Å². The van der Waals surface area contributed by atoms with Gasteiger partial charge in [0.2, 0.25) is 5.82 Å². The van der Waals surface area contributed by atoms with Gasteiger partial charge >= 0.3 is 0 Å². The highest BCUT2D eigenvalue weighted by molar-refractivity contribution is 6.02. The Labute approximate surface area is 115 Å². The van der Waals surface area contributed by atoms with E-state index in [2.05, 4.69) is 20.5 Å². The zero-order valence-electron chi connectivity index (χ0n) is 11.4. The Morgan fingerprint density at radius 2 is 2.20 bits per heavy atom. The van der Waals surface area contributed by atoms with Crippen LogP contribution in [0.15, 0.2) is 18.2 Å². The van der Waals surface area contributed by atoms with E-state index in [1.54, 1.807) is 0 Å². The first-order valence-electron chi connectivity index (χ1n) is 6.08. The number of carbonyl (C=O) groups is 1. The topological polar surface area (TPSA) is 79.9 Å². The number of amides is 1. The van der Waals surface area contributed by atoms with Crippen molar-refractivity contribution in [3.63, 3.8) is 0 Å². The number of aromatic nitrogens is 3. The number of methoxy groups -OCH3 is 1. The fourth-order valence-corrected chi connectivity index (χ4v) is 1.58. The Hall–Kier alpha value is -2.44. The minimum atomic E-state index is -0.488. The van der Waals surface area contributed by atoms with Gasteiger partial charge in [-0.25, -0.2) is 9.37 Å². The van der Waals surface area contributed by atoms with E-state index in [9.17, 15) is 9.18 Å². The van der Waals surface area contributed by atoms with E-state index in [0.717, 1.165) is 0 Å². The lowest BCUT2D eigenvalue weighted by Gasteiger charge is -2.08. The molecule has 1 amide bonds. The monoisotopic (exact) mass is 278 g/mol. The average Bonchev–Trinajstić information content (AvgIpc) is 2.90. The van der Waals surface area contributed by atoms with Crippen molar-refractivity contribution < 1.29 is 13.9 Å². The Bertz CT molecular complexity index is 625. The zero-order chi connectivity index (χ0) is 14.7. The standard InChI is InChI=1S/C13H15FN4O2/c1-7(2)11-16-12(18-17-11)13(19)15-9-5-4-8(14)6-10(9)20-3/h4-7H,1-3H3,(H,15,19)(H,16,17,18). The largest absolute Gasteiger partial charge is 0.494 e. The maximum absolute atomic E-state index is 13.1. The second-order valence-electron chi connectivity index (χ2n) is 4.50. The van der Waals surface area contributed by atoms with Gasteiger partial charge in [0, 0.05) is 12.0 Å². The van der Waals surface area contributed by atoms with Crippen molar-refractivity contribution in [1.82, 2.24) is 15.2 Å². The van der Waals surface area contributed by atoms with Gasteiger partial charge in [0.1, 0.15) is 17.4 Å². The number of ether oxygens (including phenoxy) is 1. The van der Waals surface area contributed by atoms with Crippen LogP contribution in [0.1, 0.15) is 36.2 Å². The third-order valence-electron chi connectivity index (χ3n) is 2.66. The van der Waals surface area contributed by atoms with E-state index in [1.165, 1.54) is 25.3 Å². The molecule has 0 aliphatic carbocycles. The number of carbonyl (C=O) groups excluding carboxylic acids is 1. The van der Waals surface area contributed by atoms with Gasteiger partial charge in [-0.15, -0.1) is 5.10 Å². The summed E-state index contributed by atoms with van der Waals surface area (Å²) in [6.45, 7) is 3.87. The van der Waals surface area contributed by atoms with Crippen LogP contribution in [0, 0.1) is 5.82 Å². The molecule has 2 aromatic rings. The molecule has 0 fully saturated rings. The highest BCUT2D eigenvalue weighted by atomic mass is 19.1. The molecular weight excluding hydrogens is 263 g/mol. The molecule has 0 unspecified atom stereocenters. The van der Waals surface area contributed by atoms with Crippen LogP contribution in [-0.2, 0) is 0 Å². The molecule has 0 aliphatic rings. The van der Waals surface area contributed by atoms with Crippen LogP contribution in [0.25, 0.3) is 0 Å². The summed E-state index contributed by atoms with van der Waals surface area (Å²) in [5.74, 6) is 0.0987. The Kier molecular flexibility index (Phi) is 3.97. The van der Waals surface area contributed by atoms with Crippen LogP contribution in [0.4, 0.5) is 10.1 Å². The predicted octanol–water partition coefficient (Wildman–Crippen LogP) is 2.33. The summed E-state index contributed by atoms with van der Waals surface area (Å²) in [7, 11) is 1.40. The maximum atomic E-state index is 13.1. The lowest BCUT2D eigenvalue weighted by Crippen LogP contribution is -2.14. The minimum Gasteiger partial charge on any atom is -0.494 e. The number of benzene rings is 1. The Morgan fingerprint density at radius 1 is 1.45 bits per heavy atom. The van der Waals surface area contributed by atoms with Gasteiger partial charge in [0.25, 0.3) is 5.91 Å². The van der Waals surface area contributed by atoms with Gasteiger partial charge in [-0.2, -0.15) is 0 Å². The number of rotatable bonds is 4. The van der Waals surface area contributed by atoms with Crippen molar-refractivity contribution in [2.24, 2.45) is 0 Å². The van der Waals surface area contributed by atoms with Crippen LogP contribution in [0.5, 0.6) is 5.75 Å². The Morgan fingerprint density at radius 3 is 2.80 bits per heavy atom. The molecule has 1 heterocycles. The zero-order valence-corrected chi connectivity index (χ0v) is 11.4. The molecule has 2 N–H and O–H groups in total. The third kappa shape index (κ3) is 2.93. The minimum absolute atomic E-state index is 0.0279. The summed E-state index contributed by atoms with van der Waals surface area (Å²) in [5.41, 5.74) is 0.356. The molecule has 106 valence electrons. The molecular formula is C13H15FN4O2. The number of H-pyrrole nitrogens is 1.